The Morgan fingerprint density at radius 3 is 2.88 bits per heavy atom. The van der Waals surface area contributed by atoms with Crippen molar-refractivity contribution in [3.63, 3.8) is 0 Å². The molecule has 4 rings (SSSR count). The Kier molecular flexibility index (Phi) is 3.95. The van der Waals surface area contributed by atoms with E-state index < -0.39 is 0 Å². The Morgan fingerprint density at radius 2 is 2.00 bits per heavy atom. The predicted octanol–water partition coefficient (Wildman–Crippen LogP) is 3.93. The van der Waals surface area contributed by atoms with Gasteiger partial charge in [0, 0.05) is 18.5 Å². The summed E-state index contributed by atoms with van der Waals surface area (Å²) in [5.41, 5.74) is 1.06. The van der Waals surface area contributed by atoms with Crippen molar-refractivity contribution in [3.05, 3.63) is 53.6 Å². The quantitative estimate of drug-likeness (QED) is 0.723. The van der Waals surface area contributed by atoms with Gasteiger partial charge in [-0.25, -0.2) is 0 Å². The molecule has 25 heavy (non-hydrogen) atoms. The molecule has 0 aliphatic carbocycles. The number of hydrogen-bond acceptors (Lipinski definition) is 4. The average Bonchev–Trinajstić information content (AvgIpc) is 2.89. The Morgan fingerprint density at radius 1 is 1.12 bits per heavy atom. The summed E-state index contributed by atoms with van der Waals surface area (Å²) in [5.74, 6) is 1.68. The molecule has 1 aliphatic heterocycles. The van der Waals surface area contributed by atoms with Crippen molar-refractivity contribution in [3.8, 4) is 11.8 Å². The van der Waals surface area contributed by atoms with Crippen molar-refractivity contribution in [1.29, 1.82) is 5.26 Å². The largest absolute Gasteiger partial charge is 0.507 e. The van der Waals surface area contributed by atoms with E-state index in [9.17, 15) is 10.4 Å². The minimum Gasteiger partial charge on any atom is -0.507 e. The van der Waals surface area contributed by atoms with E-state index in [1.807, 2.05) is 34.9 Å². The first kappa shape index (κ1) is 15.4. The molecule has 0 amide bonds. The van der Waals surface area contributed by atoms with Crippen LogP contribution in [0.4, 0.5) is 0 Å². The number of phenols is 1. The smallest absolute Gasteiger partial charge is 0.174 e. The highest BCUT2D eigenvalue weighted by molar-refractivity contribution is 5.99. The van der Waals surface area contributed by atoms with Crippen molar-refractivity contribution in [1.82, 2.24) is 14.8 Å². The first-order valence-corrected chi connectivity index (χ1v) is 8.53. The molecule has 5 nitrogen and oxygen atoms in total. The van der Waals surface area contributed by atoms with E-state index in [1.54, 1.807) is 12.1 Å². The summed E-state index contributed by atoms with van der Waals surface area (Å²) in [7, 11) is 0. The number of phenolic OH excluding ortho intramolecular Hbond substituents is 1. The van der Waals surface area contributed by atoms with Gasteiger partial charge in [-0.05, 0) is 35.8 Å². The summed E-state index contributed by atoms with van der Waals surface area (Å²) in [6, 6.07) is 13.6. The molecule has 0 spiro atoms. The van der Waals surface area contributed by atoms with Crippen molar-refractivity contribution >= 4 is 22.4 Å². The van der Waals surface area contributed by atoms with Gasteiger partial charge in [-0.1, -0.05) is 36.8 Å². The van der Waals surface area contributed by atoms with Crippen LogP contribution in [0.3, 0.4) is 0 Å². The molecule has 2 heterocycles. The standard InChI is InChI=1S/C20H18N4O/c21-13-15(20-23-22-19-8-2-1-5-11-24(19)20)12-17-16-7-4-3-6-14(16)9-10-18(17)25/h3-4,6-7,9-10,12,25H,1-2,5,8,11H2. The Balaban J connectivity index is 1.87. The number of aryl methyl sites for hydroxylation is 1. The van der Waals surface area contributed by atoms with E-state index in [1.165, 1.54) is 6.42 Å². The van der Waals surface area contributed by atoms with Gasteiger partial charge in [0.05, 0.1) is 5.57 Å². The molecule has 0 bridgehead atoms. The molecule has 124 valence electrons. The molecule has 0 unspecified atom stereocenters. The second-order valence-corrected chi connectivity index (χ2v) is 6.29. The Hall–Kier alpha value is -3.13. The highest BCUT2D eigenvalue weighted by atomic mass is 16.3. The van der Waals surface area contributed by atoms with Crippen LogP contribution < -0.4 is 0 Å². The molecule has 0 fully saturated rings. The Bertz CT molecular complexity index is 1010. The number of aromatic hydroxyl groups is 1. The Labute approximate surface area is 145 Å². The third-order valence-corrected chi connectivity index (χ3v) is 4.71. The van der Waals surface area contributed by atoms with Gasteiger partial charge in [0.15, 0.2) is 5.82 Å². The molecule has 0 radical (unpaired) electrons. The second-order valence-electron chi connectivity index (χ2n) is 6.29. The maximum absolute atomic E-state index is 10.3. The van der Waals surface area contributed by atoms with Crippen LogP contribution in [0.25, 0.3) is 22.4 Å². The zero-order valence-corrected chi connectivity index (χ0v) is 13.8. The van der Waals surface area contributed by atoms with Gasteiger partial charge in [-0.3, -0.25) is 0 Å². The van der Waals surface area contributed by atoms with E-state index >= 15 is 0 Å². The third-order valence-electron chi connectivity index (χ3n) is 4.71. The van der Waals surface area contributed by atoms with Gasteiger partial charge in [0.25, 0.3) is 0 Å². The number of benzene rings is 2. The number of nitriles is 1. The zero-order valence-electron chi connectivity index (χ0n) is 13.8. The van der Waals surface area contributed by atoms with Gasteiger partial charge >= 0.3 is 0 Å². The number of allylic oxidation sites excluding steroid dienone is 1. The summed E-state index contributed by atoms with van der Waals surface area (Å²) in [4.78, 5) is 0. The molecule has 1 N–H and O–H groups in total. The van der Waals surface area contributed by atoms with Gasteiger partial charge < -0.3 is 9.67 Å². The van der Waals surface area contributed by atoms with Crippen molar-refractivity contribution in [2.24, 2.45) is 0 Å². The van der Waals surface area contributed by atoms with Crippen molar-refractivity contribution in [2.75, 3.05) is 0 Å². The average molecular weight is 330 g/mol. The highest BCUT2D eigenvalue weighted by Gasteiger charge is 2.18. The fourth-order valence-corrected chi connectivity index (χ4v) is 3.41. The maximum atomic E-state index is 10.3. The minimum atomic E-state index is 0.155. The number of rotatable bonds is 2. The van der Waals surface area contributed by atoms with Crippen LogP contribution >= 0.6 is 0 Å². The number of nitrogens with zero attached hydrogens (tertiary/aromatic N) is 4. The molecular formula is C20H18N4O. The SMILES string of the molecule is N#CC(=Cc1c(O)ccc2ccccc12)c1nnc2n1CCCCC2. The highest BCUT2D eigenvalue weighted by Crippen LogP contribution is 2.31. The van der Waals surface area contributed by atoms with Crippen LogP contribution in [0, 0.1) is 11.3 Å². The van der Waals surface area contributed by atoms with Gasteiger partial charge in [-0.2, -0.15) is 5.26 Å². The lowest BCUT2D eigenvalue weighted by molar-refractivity contribution is 0.475. The van der Waals surface area contributed by atoms with E-state index in [0.717, 1.165) is 42.4 Å². The molecule has 0 saturated carbocycles. The summed E-state index contributed by atoms with van der Waals surface area (Å²) in [5, 5.41) is 30.5. The number of aromatic nitrogens is 3. The summed E-state index contributed by atoms with van der Waals surface area (Å²) >= 11 is 0. The van der Waals surface area contributed by atoms with Gasteiger partial charge in [-0.15, -0.1) is 10.2 Å². The van der Waals surface area contributed by atoms with Crippen molar-refractivity contribution in [2.45, 2.75) is 32.2 Å². The fourth-order valence-electron chi connectivity index (χ4n) is 3.41. The summed E-state index contributed by atoms with van der Waals surface area (Å²) in [6.07, 6.45) is 5.95. The minimum absolute atomic E-state index is 0.155. The topological polar surface area (TPSA) is 74.7 Å². The van der Waals surface area contributed by atoms with Crippen molar-refractivity contribution < 1.29 is 5.11 Å². The van der Waals surface area contributed by atoms with Crippen LogP contribution in [0.1, 0.15) is 36.5 Å². The fraction of sp³-hybridized carbons (Fsp3) is 0.250. The lowest BCUT2D eigenvalue weighted by Gasteiger charge is -2.08. The molecule has 0 saturated heterocycles. The number of fused-ring (bicyclic) bond motifs is 2. The van der Waals surface area contributed by atoms with E-state index in [0.29, 0.717) is 17.0 Å². The zero-order chi connectivity index (χ0) is 17.2. The lowest BCUT2D eigenvalue weighted by atomic mass is 10.0. The lowest BCUT2D eigenvalue weighted by Crippen LogP contribution is -2.05. The first-order valence-electron chi connectivity index (χ1n) is 8.53. The van der Waals surface area contributed by atoms with E-state index in [-0.39, 0.29) is 5.75 Å². The van der Waals surface area contributed by atoms with Crippen LogP contribution in [-0.4, -0.2) is 19.9 Å². The predicted molar refractivity (Wildman–Crippen MR) is 96.7 cm³/mol. The summed E-state index contributed by atoms with van der Waals surface area (Å²) in [6.45, 7) is 0.832. The molecule has 5 heteroatoms. The third kappa shape index (κ3) is 2.76. The maximum Gasteiger partial charge on any atom is 0.174 e. The first-order chi connectivity index (χ1) is 12.3. The van der Waals surface area contributed by atoms with Gasteiger partial charge in [0.2, 0.25) is 0 Å². The molecule has 1 aliphatic rings. The van der Waals surface area contributed by atoms with Crippen LogP contribution in [0.15, 0.2) is 36.4 Å². The van der Waals surface area contributed by atoms with Crippen LogP contribution in [0.2, 0.25) is 0 Å². The monoisotopic (exact) mass is 330 g/mol. The molecule has 0 atom stereocenters. The second kappa shape index (κ2) is 6.40. The molecule has 2 aromatic carbocycles. The van der Waals surface area contributed by atoms with E-state index in [2.05, 4.69) is 16.3 Å². The molecule has 3 aromatic rings. The van der Waals surface area contributed by atoms with Crippen LogP contribution in [-0.2, 0) is 13.0 Å². The van der Waals surface area contributed by atoms with Crippen LogP contribution in [0.5, 0.6) is 5.75 Å². The van der Waals surface area contributed by atoms with E-state index in [4.69, 9.17) is 0 Å². The number of hydrogen-bond donors (Lipinski definition) is 1. The van der Waals surface area contributed by atoms with Gasteiger partial charge in [0.1, 0.15) is 17.6 Å². The molecular weight excluding hydrogens is 312 g/mol. The molecule has 1 aromatic heterocycles. The summed E-state index contributed by atoms with van der Waals surface area (Å²) < 4.78 is 2.05. The normalized spacial score (nSPS) is 14.8.